The standard InChI is InChI=1S/C18H25N3O.ClH/c1-21(14-7-3-2-4-8-14)18(22)16(19)11-13-12-20-17-10-6-5-9-15(13)17;/h5-6,9-10,12,14,16,20H,2-4,7-8,11,19H2,1H3;1H/t16-;/m0./s1. The molecule has 1 aliphatic rings. The molecule has 126 valence electrons. The number of aromatic nitrogens is 1. The van der Waals surface area contributed by atoms with E-state index < -0.39 is 6.04 Å². The van der Waals surface area contributed by atoms with Crippen molar-refractivity contribution < 1.29 is 4.79 Å². The van der Waals surface area contributed by atoms with Crippen molar-refractivity contribution in [2.24, 2.45) is 5.73 Å². The molecule has 3 rings (SSSR count). The van der Waals surface area contributed by atoms with E-state index in [1.807, 2.05) is 36.3 Å². The summed E-state index contributed by atoms with van der Waals surface area (Å²) < 4.78 is 0. The normalized spacial score (nSPS) is 16.8. The zero-order valence-corrected chi connectivity index (χ0v) is 14.4. The highest BCUT2D eigenvalue weighted by molar-refractivity contribution is 5.86. The summed E-state index contributed by atoms with van der Waals surface area (Å²) in [5.41, 5.74) is 8.42. The van der Waals surface area contributed by atoms with Crippen LogP contribution in [0.4, 0.5) is 0 Å². The molecular formula is C18H26ClN3O. The first-order chi connectivity index (χ1) is 10.7. The maximum atomic E-state index is 12.6. The van der Waals surface area contributed by atoms with E-state index in [9.17, 15) is 4.79 Å². The maximum Gasteiger partial charge on any atom is 0.239 e. The molecular weight excluding hydrogens is 310 g/mol. The van der Waals surface area contributed by atoms with Crippen LogP contribution in [0.15, 0.2) is 30.5 Å². The second-order valence-corrected chi connectivity index (χ2v) is 6.41. The van der Waals surface area contributed by atoms with Gasteiger partial charge in [0.15, 0.2) is 0 Å². The van der Waals surface area contributed by atoms with E-state index >= 15 is 0 Å². The Balaban J connectivity index is 0.00000192. The smallest absolute Gasteiger partial charge is 0.239 e. The summed E-state index contributed by atoms with van der Waals surface area (Å²) in [5, 5.41) is 1.16. The van der Waals surface area contributed by atoms with Gasteiger partial charge in [-0.1, -0.05) is 37.5 Å². The molecule has 3 N–H and O–H groups in total. The number of benzene rings is 1. The van der Waals surface area contributed by atoms with Gasteiger partial charge in [0.1, 0.15) is 0 Å². The molecule has 0 unspecified atom stereocenters. The summed E-state index contributed by atoms with van der Waals surface area (Å²) in [4.78, 5) is 17.7. The quantitative estimate of drug-likeness (QED) is 0.901. The number of likely N-dealkylation sites (N-methyl/N-ethyl adjacent to an activating group) is 1. The monoisotopic (exact) mass is 335 g/mol. The second kappa shape index (κ2) is 7.84. The molecule has 1 aliphatic carbocycles. The van der Waals surface area contributed by atoms with Gasteiger partial charge < -0.3 is 15.6 Å². The second-order valence-electron chi connectivity index (χ2n) is 6.41. The number of nitrogens with two attached hydrogens (primary N) is 1. The third-order valence-corrected chi connectivity index (χ3v) is 4.90. The van der Waals surface area contributed by atoms with Gasteiger partial charge in [-0.25, -0.2) is 0 Å². The number of nitrogens with one attached hydrogen (secondary N) is 1. The van der Waals surface area contributed by atoms with E-state index in [-0.39, 0.29) is 18.3 Å². The Bertz CT molecular complexity index is 649. The molecule has 1 aromatic heterocycles. The van der Waals surface area contributed by atoms with Gasteiger partial charge in [0.05, 0.1) is 6.04 Å². The number of rotatable bonds is 4. The van der Waals surface area contributed by atoms with Crippen molar-refractivity contribution in [1.82, 2.24) is 9.88 Å². The minimum Gasteiger partial charge on any atom is -0.361 e. The summed E-state index contributed by atoms with van der Waals surface area (Å²) in [6.45, 7) is 0. The summed E-state index contributed by atoms with van der Waals surface area (Å²) >= 11 is 0. The Morgan fingerprint density at radius 3 is 2.74 bits per heavy atom. The molecule has 0 aliphatic heterocycles. The Hall–Kier alpha value is -1.52. The number of nitrogens with zero attached hydrogens (tertiary/aromatic N) is 1. The molecule has 2 aromatic rings. The number of amides is 1. The topological polar surface area (TPSA) is 62.1 Å². The minimum atomic E-state index is -0.467. The van der Waals surface area contributed by atoms with E-state index in [0.717, 1.165) is 29.3 Å². The number of carbonyl (C=O) groups excluding carboxylic acids is 1. The fourth-order valence-corrected chi connectivity index (χ4v) is 3.53. The molecule has 1 atom stereocenters. The zero-order valence-electron chi connectivity index (χ0n) is 13.6. The van der Waals surface area contributed by atoms with Crippen LogP contribution in [0, 0.1) is 0 Å². The van der Waals surface area contributed by atoms with E-state index in [2.05, 4.69) is 11.1 Å². The van der Waals surface area contributed by atoms with Crippen LogP contribution in [0.5, 0.6) is 0 Å². The average Bonchev–Trinajstić information content (AvgIpc) is 2.97. The SMILES string of the molecule is CN(C(=O)[C@@H](N)Cc1c[nH]c2ccccc12)C1CCCCC1.Cl. The van der Waals surface area contributed by atoms with Crippen molar-refractivity contribution in [3.8, 4) is 0 Å². The number of aromatic amines is 1. The van der Waals surface area contributed by atoms with Gasteiger partial charge in [-0.3, -0.25) is 4.79 Å². The lowest BCUT2D eigenvalue weighted by atomic mass is 9.94. The maximum absolute atomic E-state index is 12.6. The van der Waals surface area contributed by atoms with Crippen molar-refractivity contribution in [3.63, 3.8) is 0 Å². The number of H-pyrrole nitrogens is 1. The van der Waals surface area contributed by atoms with Gasteiger partial charge in [0.2, 0.25) is 5.91 Å². The molecule has 23 heavy (non-hydrogen) atoms. The van der Waals surface area contributed by atoms with Crippen molar-refractivity contribution in [2.45, 2.75) is 50.6 Å². The third-order valence-electron chi connectivity index (χ3n) is 4.90. The first kappa shape index (κ1) is 17.8. The Morgan fingerprint density at radius 2 is 2.00 bits per heavy atom. The van der Waals surface area contributed by atoms with Gasteiger partial charge in [0.25, 0.3) is 0 Å². The lowest BCUT2D eigenvalue weighted by Gasteiger charge is -2.32. The molecule has 5 heteroatoms. The fraction of sp³-hybridized carbons (Fsp3) is 0.500. The predicted molar refractivity (Wildman–Crippen MR) is 96.9 cm³/mol. The van der Waals surface area contributed by atoms with Crippen LogP contribution < -0.4 is 5.73 Å². The fourth-order valence-electron chi connectivity index (χ4n) is 3.53. The van der Waals surface area contributed by atoms with Gasteiger partial charge in [0, 0.05) is 30.2 Å². The average molecular weight is 336 g/mol. The Labute approximate surface area is 143 Å². The van der Waals surface area contributed by atoms with Crippen LogP contribution in [-0.4, -0.2) is 34.9 Å². The number of carbonyl (C=O) groups is 1. The number of para-hydroxylation sites is 1. The molecule has 4 nitrogen and oxygen atoms in total. The van der Waals surface area contributed by atoms with Gasteiger partial charge in [-0.15, -0.1) is 12.4 Å². The predicted octanol–water partition coefficient (Wildman–Crippen LogP) is 3.25. The van der Waals surface area contributed by atoms with Crippen molar-refractivity contribution >= 4 is 29.2 Å². The Kier molecular flexibility index (Phi) is 6.08. The summed E-state index contributed by atoms with van der Waals surface area (Å²) in [6.07, 6.45) is 8.52. The highest BCUT2D eigenvalue weighted by Gasteiger charge is 2.26. The lowest BCUT2D eigenvalue weighted by Crippen LogP contribution is -2.48. The molecule has 0 saturated heterocycles. The molecule has 0 radical (unpaired) electrons. The molecule has 0 spiro atoms. The summed E-state index contributed by atoms with van der Waals surface area (Å²) in [5.74, 6) is 0.0668. The highest BCUT2D eigenvalue weighted by Crippen LogP contribution is 2.23. The van der Waals surface area contributed by atoms with E-state index in [0.29, 0.717) is 12.5 Å². The largest absolute Gasteiger partial charge is 0.361 e. The molecule has 0 bridgehead atoms. The number of halogens is 1. The molecule has 1 amide bonds. The van der Waals surface area contributed by atoms with Crippen LogP contribution in [0.3, 0.4) is 0 Å². The highest BCUT2D eigenvalue weighted by atomic mass is 35.5. The molecule has 1 fully saturated rings. The zero-order chi connectivity index (χ0) is 15.5. The number of hydrogen-bond donors (Lipinski definition) is 2. The molecule has 1 heterocycles. The first-order valence-electron chi connectivity index (χ1n) is 8.24. The summed E-state index contributed by atoms with van der Waals surface area (Å²) in [6, 6.07) is 8.04. The van der Waals surface area contributed by atoms with Crippen LogP contribution in [0.1, 0.15) is 37.7 Å². The van der Waals surface area contributed by atoms with E-state index in [4.69, 9.17) is 5.73 Å². The van der Waals surface area contributed by atoms with E-state index in [1.165, 1.54) is 19.3 Å². The third kappa shape index (κ3) is 3.88. The van der Waals surface area contributed by atoms with Crippen molar-refractivity contribution in [2.75, 3.05) is 7.05 Å². The van der Waals surface area contributed by atoms with Crippen LogP contribution in [0.2, 0.25) is 0 Å². The minimum absolute atomic E-state index is 0. The van der Waals surface area contributed by atoms with Crippen LogP contribution >= 0.6 is 12.4 Å². The van der Waals surface area contributed by atoms with Crippen LogP contribution in [-0.2, 0) is 11.2 Å². The van der Waals surface area contributed by atoms with Crippen molar-refractivity contribution in [3.05, 3.63) is 36.0 Å². The lowest BCUT2D eigenvalue weighted by molar-refractivity contribution is -0.133. The van der Waals surface area contributed by atoms with Crippen molar-refractivity contribution in [1.29, 1.82) is 0 Å². The van der Waals surface area contributed by atoms with E-state index in [1.54, 1.807) is 0 Å². The molecule has 1 saturated carbocycles. The first-order valence-corrected chi connectivity index (χ1v) is 8.24. The van der Waals surface area contributed by atoms with Gasteiger partial charge in [-0.05, 0) is 30.9 Å². The summed E-state index contributed by atoms with van der Waals surface area (Å²) in [7, 11) is 1.91. The van der Waals surface area contributed by atoms with Gasteiger partial charge in [-0.2, -0.15) is 0 Å². The number of hydrogen-bond acceptors (Lipinski definition) is 2. The molecule has 1 aromatic carbocycles. The number of fused-ring (bicyclic) bond motifs is 1. The Morgan fingerprint density at radius 1 is 1.30 bits per heavy atom. The van der Waals surface area contributed by atoms with Crippen LogP contribution in [0.25, 0.3) is 10.9 Å². The van der Waals surface area contributed by atoms with Gasteiger partial charge >= 0.3 is 0 Å².